The third-order valence-electron chi connectivity index (χ3n) is 4.89. The molecule has 0 aromatic rings. The van der Waals surface area contributed by atoms with Gasteiger partial charge < -0.3 is 14.2 Å². The van der Waals surface area contributed by atoms with Crippen molar-refractivity contribution in [2.24, 2.45) is 11.8 Å². The van der Waals surface area contributed by atoms with E-state index >= 15 is 0 Å². The Morgan fingerprint density at radius 3 is 1.96 bits per heavy atom. The molecule has 168 valence electrons. The number of alkyl halides is 1. The number of hydrogen-bond donors (Lipinski definition) is 0. The van der Waals surface area contributed by atoms with Gasteiger partial charge in [0.2, 0.25) is 0 Å². The van der Waals surface area contributed by atoms with Crippen molar-refractivity contribution in [3.63, 3.8) is 0 Å². The molecule has 0 spiro atoms. The second kappa shape index (κ2) is 16.3. The van der Waals surface area contributed by atoms with Crippen LogP contribution in [0.4, 0.5) is 4.39 Å². The first kappa shape index (κ1) is 27.5. The molecule has 1 unspecified atom stereocenters. The number of rotatable bonds is 19. The standard InChI is InChI=1S/C23H45FO4/c1-19(2)11-10-16-26-14-8-7-9-15-27-17-18-28-23(5,6)22(24)13-12-21(25)20(3)4/h19-20,22H,7-18H2,1-6H3. The number of halogens is 1. The van der Waals surface area contributed by atoms with E-state index in [1.165, 1.54) is 6.42 Å². The number of ether oxygens (including phenoxy) is 3. The summed E-state index contributed by atoms with van der Waals surface area (Å²) in [4.78, 5) is 11.6. The maximum Gasteiger partial charge on any atom is 0.135 e. The van der Waals surface area contributed by atoms with Gasteiger partial charge in [-0.25, -0.2) is 4.39 Å². The Kier molecular flexibility index (Phi) is 16.0. The molecular formula is C23H45FO4. The average molecular weight is 405 g/mol. The number of carbonyl (C=O) groups is 1. The Hall–Kier alpha value is -0.520. The zero-order valence-corrected chi connectivity index (χ0v) is 19.2. The van der Waals surface area contributed by atoms with Crippen LogP contribution in [0.5, 0.6) is 0 Å². The van der Waals surface area contributed by atoms with Gasteiger partial charge in [0.1, 0.15) is 12.0 Å². The molecule has 28 heavy (non-hydrogen) atoms. The molecule has 0 radical (unpaired) electrons. The number of hydrogen-bond acceptors (Lipinski definition) is 4. The Morgan fingerprint density at radius 1 is 0.821 bits per heavy atom. The summed E-state index contributed by atoms with van der Waals surface area (Å²) in [6, 6.07) is 0. The highest BCUT2D eigenvalue weighted by molar-refractivity contribution is 5.80. The summed E-state index contributed by atoms with van der Waals surface area (Å²) in [5.41, 5.74) is -0.895. The molecule has 4 nitrogen and oxygen atoms in total. The van der Waals surface area contributed by atoms with E-state index in [4.69, 9.17) is 14.2 Å². The fourth-order valence-electron chi connectivity index (χ4n) is 2.74. The minimum absolute atomic E-state index is 0.0407. The first-order valence-corrected chi connectivity index (χ1v) is 11.1. The van der Waals surface area contributed by atoms with Crippen molar-refractivity contribution >= 4 is 5.78 Å². The molecule has 0 saturated heterocycles. The number of Topliss-reactive ketones (excluding diaryl/α,β-unsaturated/α-hetero) is 1. The maximum atomic E-state index is 14.3. The van der Waals surface area contributed by atoms with Crippen LogP contribution in [0.1, 0.15) is 86.5 Å². The van der Waals surface area contributed by atoms with Gasteiger partial charge in [-0.1, -0.05) is 27.7 Å². The number of carbonyl (C=O) groups excluding carboxylic acids is 1. The van der Waals surface area contributed by atoms with E-state index in [1.807, 2.05) is 13.8 Å². The summed E-state index contributed by atoms with van der Waals surface area (Å²) in [6.07, 6.45) is 4.85. The van der Waals surface area contributed by atoms with Crippen molar-refractivity contribution in [2.75, 3.05) is 33.0 Å². The predicted octanol–water partition coefficient (Wildman–Crippen LogP) is 5.76. The van der Waals surface area contributed by atoms with E-state index in [-0.39, 0.29) is 24.5 Å². The molecule has 0 bridgehead atoms. The van der Waals surface area contributed by atoms with Gasteiger partial charge >= 0.3 is 0 Å². The number of unbranched alkanes of at least 4 members (excludes halogenated alkanes) is 2. The van der Waals surface area contributed by atoms with Gasteiger partial charge in [-0.2, -0.15) is 0 Å². The highest BCUT2D eigenvalue weighted by Gasteiger charge is 2.30. The van der Waals surface area contributed by atoms with Gasteiger partial charge in [0.15, 0.2) is 0 Å². The number of ketones is 1. The molecule has 0 heterocycles. The van der Waals surface area contributed by atoms with E-state index in [1.54, 1.807) is 13.8 Å². The van der Waals surface area contributed by atoms with E-state index in [0.29, 0.717) is 19.8 Å². The van der Waals surface area contributed by atoms with Crippen molar-refractivity contribution in [2.45, 2.75) is 98.3 Å². The summed E-state index contributed by atoms with van der Waals surface area (Å²) in [7, 11) is 0. The van der Waals surface area contributed by atoms with E-state index < -0.39 is 11.8 Å². The highest BCUT2D eigenvalue weighted by atomic mass is 19.1. The van der Waals surface area contributed by atoms with E-state index in [9.17, 15) is 9.18 Å². The van der Waals surface area contributed by atoms with Crippen LogP contribution in [0.15, 0.2) is 0 Å². The third kappa shape index (κ3) is 15.4. The molecular weight excluding hydrogens is 359 g/mol. The quantitative estimate of drug-likeness (QED) is 0.257. The minimum Gasteiger partial charge on any atom is -0.381 e. The SMILES string of the molecule is CC(C)CCCOCCCCCOCCOC(C)(C)C(F)CCC(=O)C(C)C. The van der Waals surface area contributed by atoms with Crippen LogP contribution in [0.3, 0.4) is 0 Å². The Morgan fingerprint density at radius 2 is 1.39 bits per heavy atom. The predicted molar refractivity (Wildman–Crippen MR) is 114 cm³/mol. The van der Waals surface area contributed by atoms with E-state index in [2.05, 4.69) is 13.8 Å². The largest absolute Gasteiger partial charge is 0.381 e. The first-order valence-electron chi connectivity index (χ1n) is 11.1. The van der Waals surface area contributed by atoms with Gasteiger partial charge in [-0.15, -0.1) is 0 Å². The van der Waals surface area contributed by atoms with Crippen LogP contribution in [0.2, 0.25) is 0 Å². The third-order valence-corrected chi connectivity index (χ3v) is 4.89. The van der Waals surface area contributed by atoms with E-state index in [0.717, 1.165) is 44.8 Å². The zero-order chi connectivity index (χ0) is 21.4. The highest BCUT2D eigenvalue weighted by Crippen LogP contribution is 2.23. The summed E-state index contributed by atoms with van der Waals surface area (Å²) in [6.45, 7) is 14.8. The summed E-state index contributed by atoms with van der Waals surface area (Å²) in [5.74, 6) is 0.809. The fraction of sp³-hybridized carbons (Fsp3) is 0.957. The van der Waals surface area contributed by atoms with Crippen LogP contribution in [0.25, 0.3) is 0 Å². The Labute approximate surface area is 172 Å². The van der Waals surface area contributed by atoms with Crippen LogP contribution in [0, 0.1) is 11.8 Å². The molecule has 5 heteroatoms. The lowest BCUT2D eigenvalue weighted by Crippen LogP contribution is -2.37. The molecule has 0 aromatic heterocycles. The topological polar surface area (TPSA) is 44.8 Å². The van der Waals surface area contributed by atoms with Crippen molar-refractivity contribution in [3.8, 4) is 0 Å². The minimum atomic E-state index is -1.16. The molecule has 0 aliphatic rings. The fourth-order valence-corrected chi connectivity index (χ4v) is 2.74. The lowest BCUT2D eigenvalue weighted by atomic mass is 9.95. The van der Waals surface area contributed by atoms with Gasteiger partial charge in [0.05, 0.1) is 18.8 Å². The summed E-state index contributed by atoms with van der Waals surface area (Å²) >= 11 is 0. The molecule has 1 atom stereocenters. The second-order valence-corrected chi connectivity index (χ2v) is 8.90. The zero-order valence-electron chi connectivity index (χ0n) is 19.2. The molecule has 0 rings (SSSR count). The van der Waals surface area contributed by atoms with Crippen molar-refractivity contribution in [3.05, 3.63) is 0 Å². The first-order chi connectivity index (χ1) is 13.2. The molecule has 0 aliphatic heterocycles. The average Bonchev–Trinajstić information content (AvgIpc) is 2.62. The molecule has 0 N–H and O–H groups in total. The molecule has 0 saturated carbocycles. The summed E-state index contributed by atoms with van der Waals surface area (Å²) in [5, 5.41) is 0. The Balaban J connectivity index is 3.54. The Bertz CT molecular complexity index is 383. The molecule has 0 aliphatic carbocycles. The monoisotopic (exact) mass is 404 g/mol. The van der Waals surface area contributed by atoms with Gasteiger partial charge in [-0.05, 0) is 58.3 Å². The van der Waals surface area contributed by atoms with Crippen LogP contribution < -0.4 is 0 Å². The van der Waals surface area contributed by atoms with Gasteiger partial charge in [-0.3, -0.25) is 4.79 Å². The normalized spacial score (nSPS) is 13.5. The molecule has 0 aromatic carbocycles. The van der Waals surface area contributed by atoms with Crippen molar-refractivity contribution in [1.82, 2.24) is 0 Å². The van der Waals surface area contributed by atoms with Gasteiger partial charge in [0.25, 0.3) is 0 Å². The summed E-state index contributed by atoms with van der Waals surface area (Å²) < 4.78 is 31.2. The molecule has 0 amide bonds. The maximum absolute atomic E-state index is 14.3. The smallest absolute Gasteiger partial charge is 0.135 e. The lowest BCUT2D eigenvalue weighted by molar-refractivity contribution is -0.123. The lowest BCUT2D eigenvalue weighted by Gasteiger charge is -2.29. The van der Waals surface area contributed by atoms with Gasteiger partial charge in [0, 0.05) is 32.2 Å². The van der Waals surface area contributed by atoms with Crippen LogP contribution in [-0.4, -0.2) is 50.6 Å². The van der Waals surface area contributed by atoms with Crippen LogP contribution in [-0.2, 0) is 19.0 Å². The van der Waals surface area contributed by atoms with Crippen molar-refractivity contribution < 1.29 is 23.4 Å². The van der Waals surface area contributed by atoms with Crippen LogP contribution >= 0.6 is 0 Å². The second-order valence-electron chi connectivity index (χ2n) is 8.90. The molecule has 0 fully saturated rings. The van der Waals surface area contributed by atoms with Crippen molar-refractivity contribution in [1.29, 1.82) is 0 Å².